The highest BCUT2D eigenvalue weighted by Gasteiger charge is 2.27. The van der Waals surface area contributed by atoms with Gasteiger partial charge in [-0.1, -0.05) is 51.1 Å². The Bertz CT molecular complexity index is 324. The Morgan fingerprint density at radius 2 is 1.72 bits per heavy atom. The third-order valence-electron chi connectivity index (χ3n) is 3.15. The molecule has 0 spiro atoms. The Balaban J connectivity index is 2.58. The lowest BCUT2D eigenvalue weighted by Gasteiger charge is -2.29. The van der Waals surface area contributed by atoms with Crippen molar-refractivity contribution in [3.8, 4) is 0 Å². The summed E-state index contributed by atoms with van der Waals surface area (Å²) < 4.78 is 5.81. The molecule has 3 nitrogen and oxygen atoms in total. The van der Waals surface area contributed by atoms with Crippen LogP contribution in [0.4, 0.5) is 0 Å². The normalized spacial score (nSPS) is 16.6. The van der Waals surface area contributed by atoms with Crippen LogP contribution < -0.4 is 0 Å². The lowest BCUT2D eigenvalue weighted by Crippen LogP contribution is -2.39. The average molecular weight is 252 g/mol. The summed E-state index contributed by atoms with van der Waals surface area (Å²) in [6, 6.07) is 9.90. The largest absolute Gasteiger partial charge is 0.396 e. The lowest BCUT2D eigenvalue weighted by atomic mass is 9.93. The van der Waals surface area contributed by atoms with Gasteiger partial charge in [0.05, 0.1) is 18.8 Å². The van der Waals surface area contributed by atoms with Gasteiger partial charge in [-0.2, -0.15) is 0 Å². The van der Waals surface area contributed by atoms with Crippen molar-refractivity contribution in [2.45, 2.75) is 39.6 Å². The number of aliphatic hydroxyl groups excluding tert-OH is 2. The van der Waals surface area contributed by atoms with Crippen LogP contribution >= 0.6 is 0 Å². The lowest BCUT2D eigenvalue weighted by molar-refractivity contribution is -0.0944. The summed E-state index contributed by atoms with van der Waals surface area (Å²) >= 11 is 0. The van der Waals surface area contributed by atoms with E-state index in [9.17, 15) is 5.11 Å². The zero-order valence-corrected chi connectivity index (χ0v) is 11.4. The maximum atomic E-state index is 10.1. The van der Waals surface area contributed by atoms with E-state index >= 15 is 0 Å². The molecule has 0 amide bonds. The number of hydrogen-bond donors (Lipinski definition) is 2. The van der Waals surface area contributed by atoms with Crippen LogP contribution in [0.1, 0.15) is 26.3 Å². The Kier molecular flexibility index (Phi) is 6.33. The second-order valence-electron chi connectivity index (χ2n) is 5.16. The van der Waals surface area contributed by atoms with Gasteiger partial charge < -0.3 is 14.9 Å². The molecular weight excluding hydrogens is 228 g/mol. The van der Waals surface area contributed by atoms with E-state index in [0.29, 0.717) is 6.61 Å². The molecule has 3 atom stereocenters. The first-order valence-electron chi connectivity index (χ1n) is 6.50. The van der Waals surface area contributed by atoms with Gasteiger partial charge >= 0.3 is 0 Å². The fraction of sp³-hybridized carbons (Fsp3) is 0.600. The van der Waals surface area contributed by atoms with Gasteiger partial charge in [0.15, 0.2) is 0 Å². The molecule has 0 unspecified atom stereocenters. The van der Waals surface area contributed by atoms with E-state index in [1.165, 1.54) is 0 Å². The molecular formula is C15H24O3. The summed E-state index contributed by atoms with van der Waals surface area (Å²) in [6.45, 7) is 6.32. The molecule has 0 radical (unpaired) electrons. The van der Waals surface area contributed by atoms with Crippen molar-refractivity contribution in [2.75, 3.05) is 6.61 Å². The zero-order chi connectivity index (χ0) is 13.5. The average Bonchev–Trinajstić information content (AvgIpc) is 2.38. The predicted molar refractivity (Wildman–Crippen MR) is 72.1 cm³/mol. The second-order valence-corrected chi connectivity index (χ2v) is 5.16. The fourth-order valence-electron chi connectivity index (χ4n) is 1.88. The molecule has 0 saturated heterocycles. The van der Waals surface area contributed by atoms with E-state index in [2.05, 4.69) is 0 Å². The van der Waals surface area contributed by atoms with Crippen LogP contribution in [0.2, 0.25) is 0 Å². The maximum absolute atomic E-state index is 10.1. The van der Waals surface area contributed by atoms with Gasteiger partial charge in [0.25, 0.3) is 0 Å². The molecule has 0 aromatic heterocycles. The van der Waals surface area contributed by atoms with E-state index in [1.54, 1.807) is 0 Å². The van der Waals surface area contributed by atoms with Gasteiger partial charge in [-0.25, -0.2) is 0 Å². The van der Waals surface area contributed by atoms with Crippen molar-refractivity contribution >= 4 is 0 Å². The van der Waals surface area contributed by atoms with Crippen molar-refractivity contribution in [2.24, 2.45) is 11.8 Å². The van der Waals surface area contributed by atoms with Crippen molar-refractivity contribution in [3.63, 3.8) is 0 Å². The monoisotopic (exact) mass is 252 g/mol. The summed E-state index contributed by atoms with van der Waals surface area (Å²) in [5.41, 5.74) is 1.09. The van der Waals surface area contributed by atoms with Crippen LogP contribution in [0.15, 0.2) is 30.3 Å². The van der Waals surface area contributed by atoms with Crippen LogP contribution in [0.3, 0.4) is 0 Å². The van der Waals surface area contributed by atoms with Crippen molar-refractivity contribution in [3.05, 3.63) is 35.9 Å². The summed E-state index contributed by atoms with van der Waals surface area (Å²) in [5.74, 6) is 0.0332. The standard InChI is InChI=1S/C15H24O3/c1-11(2)15(14(17)12(3)9-16)18-10-13-7-5-4-6-8-13/h4-8,11-12,14-17H,9-10H2,1-3H3/t12-,14+,15+/m1/s1. The Morgan fingerprint density at radius 3 is 2.22 bits per heavy atom. The zero-order valence-electron chi connectivity index (χ0n) is 11.4. The van der Waals surface area contributed by atoms with E-state index < -0.39 is 6.10 Å². The first-order chi connectivity index (χ1) is 8.56. The van der Waals surface area contributed by atoms with E-state index in [4.69, 9.17) is 9.84 Å². The van der Waals surface area contributed by atoms with Crippen molar-refractivity contribution < 1.29 is 14.9 Å². The van der Waals surface area contributed by atoms with Gasteiger partial charge in [0, 0.05) is 12.5 Å². The van der Waals surface area contributed by atoms with E-state index in [1.807, 2.05) is 51.1 Å². The third-order valence-corrected chi connectivity index (χ3v) is 3.15. The van der Waals surface area contributed by atoms with Gasteiger partial charge in [-0.05, 0) is 11.5 Å². The molecule has 0 saturated carbocycles. The van der Waals surface area contributed by atoms with Crippen LogP contribution in [-0.2, 0) is 11.3 Å². The number of rotatable bonds is 7. The molecule has 2 N–H and O–H groups in total. The highest BCUT2D eigenvalue weighted by atomic mass is 16.5. The smallest absolute Gasteiger partial charge is 0.0864 e. The molecule has 0 aliphatic heterocycles. The summed E-state index contributed by atoms with van der Waals surface area (Å²) in [6.07, 6.45) is -0.897. The molecule has 0 aliphatic carbocycles. The minimum atomic E-state index is -0.640. The third kappa shape index (κ3) is 4.41. The summed E-state index contributed by atoms with van der Waals surface area (Å²) in [7, 11) is 0. The van der Waals surface area contributed by atoms with Crippen LogP contribution in [0, 0.1) is 11.8 Å². The minimum Gasteiger partial charge on any atom is -0.396 e. The summed E-state index contributed by atoms with van der Waals surface area (Å²) in [4.78, 5) is 0. The van der Waals surface area contributed by atoms with Gasteiger partial charge in [-0.3, -0.25) is 0 Å². The van der Waals surface area contributed by atoms with E-state index in [0.717, 1.165) is 5.56 Å². The Labute approximate surface area is 109 Å². The van der Waals surface area contributed by atoms with Crippen molar-refractivity contribution in [1.82, 2.24) is 0 Å². The first kappa shape index (κ1) is 15.2. The van der Waals surface area contributed by atoms with Gasteiger partial charge in [0.2, 0.25) is 0 Å². The number of ether oxygens (including phenoxy) is 1. The van der Waals surface area contributed by atoms with E-state index in [-0.39, 0.29) is 24.5 Å². The Morgan fingerprint density at radius 1 is 1.11 bits per heavy atom. The highest BCUT2D eigenvalue weighted by molar-refractivity contribution is 5.13. The second kappa shape index (κ2) is 7.52. The number of benzene rings is 1. The molecule has 1 rings (SSSR count). The van der Waals surface area contributed by atoms with Crippen LogP contribution in [-0.4, -0.2) is 29.0 Å². The Hall–Kier alpha value is -0.900. The molecule has 0 fully saturated rings. The quantitative estimate of drug-likeness (QED) is 0.782. The minimum absolute atomic E-state index is 0.0287. The topological polar surface area (TPSA) is 49.7 Å². The first-order valence-corrected chi connectivity index (χ1v) is 6.50. The van der Waals surface area contributed by atoms with Gasteiger partial charge in [-0.15, -0.1) is 0 Å². The van der Waals surface area contributed by atoms with Gasteiger partial charge in [0.1, 0.15) is 0 Å². The molecule has 102 valence electrons. The number of hydrogen-bond acceptors (Lipinski definition) is 3. The fourth-order valence-corrected chi connectivity index (χ4v) is 1.88. The molecule has 0 bridgehead atoms. The van der Waals surface area contributed by atoms with Crippen molar-refractivity contribution in [1.29, 1.82) is 0 Å². The summed E-state index contributed by atoms with van der Waals surface area (Å²) in [5, 5.41) is 19.2. The molecule has 0 aliphatic rings. The molecule has 1 aromatic carbocycles. The highest BCUT2D eigenvalue weighted by Crippen LogP contribution is 2.19. The molecule has 18 heavy (non-hydrogen) atoms. The van der Waals surface area contributed by atoms with Crippen LogP contribution in [0.5, 0.6) is 0 Å². The predicted octanol–water partition coefficient (Wildman–Crippen LogP) is 2.22. The number of aliphatic hydroxyl groups is 2. The molecule has 1 aromatic rings. The molecule has 3 heteroatoms. The molecule has 0 heterocycles. The van der Waals surface area contributed by atoms with Crippen LogP contribution in [0.25, 0.3) is 0 Å². The maximum Gasteiger partial charge on any atom is 0.0864 e. The SMILES string of the molecule is CC(C)[C@H](OCc1ccccc1)[C@@H](O)[C@H](C)CO.